The van der Waals surface area contributed by atoms with E-state index in [9.17, 15) is 9.18 Å². The molecule has 2 aliphatic rings. The molecule has 3 heterocycles. The summed E-state index contributed by atoms with van der Waals surface area (Å²) in [5.74, 6) is 0.147. The van der Waals surface area contributed by atoms with Crippen LogP contribution in [0.1, 0.15) is 36.5 Å². The van der Waals surface area contributed by atoms with Crippen molar-refractivity contribution in [3.8, 4) is 11.4 Å². The number of rotatable bonds is 4. The molecular weight excluding hydrogens is 357 g/mol. The second-order valence-corrected chi connectivity index (χ2v) is 7.66. The number of benzene rings is 1. The van der Waals surface area contributed by atoms with Gasteiger partial charge in [-0.15, -0.1) is 0 Å². The van der Waals surface area contributed by atoms with Crippen molar-refractivity contribution in [2.45, 2.75) is 38.3 Å². The molecule has 0 radical (unpaired) electrons. The van der Waals surface area contributed by atoms with Gasteiger partial charge in [-0.1, -0.05) is 18.6 Å². The molecule has 0 aliphatic carbocycles. The molecule has 0 spiro atoms. The van der Waals surface area contributed by atoms with Gasteiger partial charge in [-0.2, -0.15) is 0 Å². The SMILES string of the molecule is CNc1nc(-c2ccc(C(=O)N3CC(N4CCCC[C@@H]4C)C3)cc2)ncc1F. The maximum Gasteiger partial charge on any atom is 0.253 e. The number of amides is 1. The largest absolute Gasteiger partial charge is 0.371 e. The van der Waals surface area contributed by atoms with Crippen molar-refractivity contribution in [3.05, 3.63) is 41.8 Å². The van der Waals surface area contributed by atoms with E-state index in [1.165, 1.54) is 19.3 Å². The number of nitrogens with one attached hydrogen (secondary N) is 1. The molecule has 0 saturated carbocycles. The zero-order chi connectivity index (χ0) is 19.7. The van der Waals surface area contributed by atoms with Crippen molar-refractivity contribution in [3.63, 3.8) is 0 Å². The van der Waals surface area contributed by atoms with Gasteiger partial charge >= 0.3 is 0 Å². The Bertz CT molecular complexity index is 850. The van der Waals surface area contributed by atoms with E-state index in [2.05, 4.69) is 27.1 Å². The Labute approximate surface area is 164 Å². The van der Waals surface area contributed by atoms with E-state index in [4.69, 9.17) is 0 Å². The maximum atomic E-state index is 13.5. The third kappa shape index (κ3) is 3.58. The molecule has 7 heteroatoms. The number of hydrogen-bond acceptors (Lipinski definition) is 5. The second kappa shape index (κ2) is 7.83. The Morgan fingerprint density at radius 2 is 1.96 bits per heavy atom. The summed E-state index contributed by atoms with van der Waals surface area (Å²) in [5, 5.41) is 2.71. The third-order valence-electron chi connectivity index (χ3n) is 5.84. The fraction of sp³-hybridized carbons (Fsp3) is 0.476. The van der Waals surface area contributed by atoms with Gasteiger partial charge in [0.25, 0.3) is 5.91 Å². The molecule has 1 N–H and O–H groups in total. The summed E-state index contributed by atoms with van der Waals surface area (Å²) in [6.45, 7) is 5.04. The summed E-state index contributed by atoms with van der Waals surface area (Å²) in [4.78, 5) is 25.4. The fourth-order valence-corrected chi connectivity index (χ4v) is 4.12. The van der Waals surface area contributed by atoms with Crippen molar-refractivity contribution in [1.29, 1.82) is 0 Å². The second-order valence-electron chi connectivity index (χ2n) is 7.66. The van der Waals surface area contributed by atoms with Gasteiger partial charge < -0.3 is 10.2 Å². The van der Waals surface area contributed by atoms with Crippen molar-refractivity contribution in [2.24, 2.45) is 0 Å². The summed E-state index contributed by atoms with van der Waals surface area (Å²) in [5.41, 5.74) is 1.40. The number of nitrogens with zero attached hydrogens (tertiary/aromatic N) is 4. The van der Waals surface area contributed by atoms with E-state index < -0.39 is 5.82 Å². The monoisotopic (exact) mass is 383 g/mol. The van der Waals surface area contributed by atoms with E-state index in [1.54, 1.807) is 19.2 Å². The molecule has 0 unspecified atom stereocenters. The minimum absolute atomic E-state index is 0.0587. The van der Waals surface area contributed by atoms with E-state index in [0.717, 1.165) is 31.4 Å². The molecule has 1 amide bonds. The van der Waals surface area contributed by atoms with Gasteiger partial charge in [0.1, 0.15) is 0 Å². The Morgan fingerprint density at radius 1 is 1.21 bits per heavy atom. The summed E-state index contributed by atoms with van der Waals surface area (Å²) >= 11 is 0. The summed E-state index contributed by atoms with van der Waals surface area (Å²) in [6, 6.07) is 8.31. The quantitative estimate of drug-likeness (QED) is 0.879. The fourth-order valence-electron chi connectivity index (χ4n) is 4.12. The molecule has 0 bridgehead atoms. The Balaban J connectivity index is 1.40. The molecular formula is C21H26FN5O. The van der Waals surface area contributed by atoms with Crippen LogP contribution in [-0.4, -0.2) is 64.4 Å². The van der Waals surface area contributed by atoms with Crippen molar-refractivity contribution >= 4 is 11.7 Å². The van der Waals surface area contributed by atoms with E-state index in [1.807, 2.05) is 17.0 Å². The number of carbonyl (C=O) groups excluding carboxylic acids is 1. The molecule has 2 aliphatic heterocycles. The van der Waals surface area contributed by atoms with Crippen molar-refractivity contribution in [2.75, 3.05) is 32.0 Å². The van der Waals surface area contributed by atoms with Crippen LogP contribution in [0.2, 0.25) is 0 Å². The first-order valence-corrected chi connectivity index (χ1v) is 9.92. The highest BCUT2D eigenvalue weighted by Gasteiger charge is 2.37. The maximum absolute atomic E-state index is 13.5. The van der Waals surface area contributed by atoms with Crippen molar-refractivity contribution in [1.82, 2.24) is 19.8 Å². The van der Waals surface area contributed by atoms with Crippen LogP contribution in [0.25, 0.3) is 11.4 Å². The van der Waals surface area contributed by atoms with Crippen LogP contribution >= 0.6 is 0 Å². The lowest BCUT2D eigenvalue weighted by molar-refractivity contribution is 0.00213. The highest BCUT2D eigenvalue weighted by Crippen LogP contribution is 2.26. The van der Waals surface area contributed by atoms with Crippen LogP contribution in [0.15, 0.2) is 30.5 Å². The minimum Gasteiger partial charge on any atom is -0.371 e. The van der Waals surface area contributed by atoms with E-state index >= 15 is 0 Å². The molecule has 1 aromatic carbocycles. The predicted molar refractivity (Wildman–Crippen MR) is 107 cm³/mol. The summed E-state index contributed by atoms with van der Waals surface area (Å²) < 4.78 is 13.5. The third-order valence-corrected chi connectivity index (χ3v) is 5.84. The van der Waals surface area contributed by atoms with Gasteiger partial charge in [-0.05, 0) is 38.4 Å². The number of aromatic nitrogens is 2. The minimum atomic E-state index is -0.492. The first kappa shape index (κ1) is 18.8. The number of likely N-dealkylation sites (tertiary alicyclic amines) is 2. The Kier molecular flexibility index (Phi) is 5.26. The number of carbonyl (C=O) groups is 1. The molecule has 2 fully saturated rings. The molecule has 2 aromatic rings. The van der Waals surface area contributed by atoms with Crippen LogP contribution in [0, 0.1) is 5.82 Å². The van der Waals surface area contributed by atoms with Gasteiger partial charge in [-0.3, -0.25) is 9.69 Å². The van der Waals surface area contributed by atoms with Crippen LogP contribution in [0.4, 0.5) is 10.2 Å². The van der Waals surface area contributed by atoms with Crippen LogP contribution in [0.5, 0.6) is 0 Å². The average Bonchev–Trinajstić information content (AvgIpc) is 2.69. The van der Waals surface area contributed by atoms with Gasteiger partial charge in [0.2, 0.25) is 0 Å². The predicted octanol–water partition coefficient (Wildman–Crippen LogP) is 3.02. The molecule has 1 aromatic heterocycles. The van der Waals surface area contributed by atoms with Crippen LogP contribution in [-0.2, 0) is 0 Å². The molecule has 4 rings (SSSR count). The van der Waals surface area contributed by atoms with Gasteiger partial charge in [0, 0.05) is 43.3 Å². The number of halogens is 1. The highest BCUT2D eigenvalue weighted by atomic mass is 19.1. The normalized spacial score (nSPS) is 20.7. The van der Waals surface area contributed by atoms with Gasteiger partial charge in [-0.25, -0.2) is 14.4 Å². The zero-order valence-corrected chi connectivity index (χ0v) is 16.4. The summed E-state index contributed by atoms with van der Waals surface area (Å²) in [6.07, 6.45) is 4.98. The lowest BCUT2D eigenvalue weighted by Crippen LogP contribution is -2.63. The first-order chi connectivity index (χ1) is 13.6. The van der Waals surface area contributed by atoms with Crippen molar-refractivity contribution < 1.29 is 9.18 Å². The Hall–Kier alpha value is -2.54. The lowest BCUT2D eigenvalue weighted by atomic mass is 9.97. The number of anilines is 1. The average molecular weight is 383 g/mol. The number of piperidine rings is 1. The van der Waals surface area contributed by atoms with E-state index in [-0.39, 0.29) is 11.7 Å². The van der Waals surface area contributed by atoms with Crippen LogP contribution < -0.4 is 5.32 Å². The smallest absolute Gasteiger partial charge is 0.253 e. The summed E-state index contributed by atoms with van der Waals surface area (Å²) in [7, 11) is 1.61. The first-order valence-electron chi connectivity index (χ1n) is 9.92. The van der Waals surface area contributed by atoms with E-state index in [0.29, 0.717) is 23.5 Å². The molecule has 1 atom stereocenters. The molecule has 6 nitrogen and oxygen atoms in total. The highest BCUT2D eigenvalue weighted by molar-refractivity contribution is 5.95. The van der Waals surface area contributed by atoms with Crippen LogP contribution in [0.3, 0.4) is 0 Å². The Morgan fingerprint density at radius 3 is 2.64 bits per heavy atom. The standard InChI is InChI=1S/C21H26FN5O/c1-14-5-3-4-10-27(14)17-12-26(13-17)21(28)16-8-6-15(7-9-16)19-24-11-18(22)20(23-2)25-19/h6-9,11,14,17H,3-5,10,12-13H2,1-2H3,(H,23,24,25)/t14-/m0/s1. The molecule has 148 valence electrons. The number of hydrogen-bond donors (Lipinski definition) is 1. The lowest BCUT2D eigenvalue weighted by Gasteiger charge is -2.49. The zero-order valence-electron chi connectivity index (χ0n) is 16.4. The topological polar surface area (TPSA) is 61.4 Å². The van der Waals surface area contributed by atoms with Gasteiger partial charge in [0.05, 0.1) is 6.20 Å². The van der Waals surface area contributed by atoms with Gasteiger partial charge in [0.15, 0.2) is 17.5 Å². The molecule has 2 saturated heterocycles. The molecule has 28 heavy (non-hydrogen) atoms.